The van der Waals surface area contributed by atoms with Crippen molar-refractivity contribution in [1.29, 1.82) is 0 Å². The second kappa shape index (κ2) is 9.09. The number of benzene rings is 3. The van der Waals surface area contributed by atoms with E-state index in [1.165, 1.54) is 6.08 Å². The predicted octanol–water partition coefficient (Wildman–Crippen LogP) is 7.12. The van der Waals surface area contributed by atoms with E-state index in [1.54, 1.807) is 18.2 Å². The first-order valence-corrected chi connectivity index (χ1v) is 9.30. The van der Waals surface area contributed by atoms with Crippen LogP contribution in [0.1, 0.15) is 21.5 Å². The van der Waals surface area contributed by atoms with Gasteiger partial charge < -0.3 is 4.74 Å². The van der Waals surface area contributed by atoms with E-state index in [9.17, 15) is 4.79 Å². The molecule has 3 aromatic rings. The third-order valence-corrected chi connectivity index (χ3v) is 5.15. The van der Waals surface area contributed by atoms with Crippen LogP contribution in [0.25, 0.3) is 6.08 Å². The largest absolute Gasteiger partial charge is 0.489 e. The number of rotatable bonds is 6. The second-order valence-electron chi connectivity index (χ2n) is 5.76. The highest BCUT2D eigenvalue weighted by Gasteiger charge is 2.13. The summed E-state index contributed by atoms with van der Waals surface area (Å²) >= 11 is 18.0. The quantitative estimate of drug-likeness (QED) is 0.242. The molecule has 2 nitrogen and oxygen atoms in total. The van der Waals surface area contributed by atoms with Crippen molar-refractivity contribution >= 4 is 46.7 Å². The molecule has 5 heteroatoms. The van der Waals surface area contributed by atoms with Crippen LogP contribution in [-0.4, -0.2) is 5.78 Å². The van der Waals surface area contributed by atoms with Gasteiger partial charge >= 0.3 is 0 Å². The van der Waals surface area contributed by atoms with Crippen LogP contribution in [0.15, 0.2) is 72.8 Å². The highest BCUT2D eigenvalue weighted by Crippen LogP contribution is 2.33. The number of allylic oxidation sites excluding steroid dienone is 1. The number of hydrogen-bond donors (Lipinski definition) is 0. The Morgan fingerprint density at radius 1 is 0.852 bits per heavy atom. The molecule has 0 aromatic heterocycles. The Labute approximate surface area is 173 Å². The van der Waals surface area contributed by atoms with Crippen LogP contribution in [0, 0.1) is 0 Å². The Hall–Kier alpha value is -2.26. The number of carbonyl (C=O) groups is 1. The minimum Gasteiger partial charge on any atom is -0.489 e. The molecule has 0 aliphatic rings. The fraction of sp³-hybridized carbons (Fsp3) is 0.0455. The monoisotopic (exact) mass is 416 g/mol. The first kappa shape index (κ1) is 19.5. The molecule has 0 fully saturated rings. The minimum atomic E-state index is -0.247. The molecule has 0 bridgehead atoms. The van der Waals surface area contributed by atoms with Gasteiger partial charge in [-0.1, -0.05) is 83.3 Å². The van der Waals surface area contributed by atoms with Gasteiger partial charge in [0, 0.05) is 5.56 Å². The molecule has 0 heterocycles. The van der Waals surface area contributed by atoms with Crippen LogP contribution in [0.2, 0.25) is 15.1 Å². The molecule has 0 saturated heterocycles. The van der Waals surface area contributed by atoms with Crippen molar-refractivity contribution in [2.45, 2.75) is 6.61 Å². The topological polar surface area (TPSA) is 26.3 Å². The van der Waals surface area contributed by atoms with E-state index in [0.29, 0.717) is 17.2 Å². The van der Waals surface area contributed by atoms with Crippen molar-refractivity contribution in [2.24, 2.45) is 0 Å². The Morgan fingerprint density at radius 3 is 2.26 bits per heavy atom. The van der Waals surface area contributed by atoms with Gasteiger partial charge in [0.25, 0.3) is 0 Å². The van der Waals surface area contributed by atoms with E-state index in [0.717, 1.165) is 16.9 Å². The lowest BCUT2D eigenvalue weighted by atomic mass is 10.1. The van der Waals surface area contributed by atoms with Gasteiger partial charge in [0.1, 0.15) is 12.4 Å². The second-order valence-corrected chi connectivity index (χ2v) is 6.93. The van der Waals surface area contributed by atoms with Gasteiger partial charge in [-0.05, 0) is 41.5 Å². The van der Waals surface area contributed by atoms with Crippen LogP contribution < -0.4 is 4.74 Å². The van der Waals surface area contributed by atoms with E-state index in [1.807, 2.05) is 54.6 Å². The highest BCUT2D eigenvalue weighted by molar-refractivity contribution is 6.49. The molecule has 27 heavy (non-hydrogen) atoms. The molecule has 0 aliphatic carbocycles. The van der Waals surface area contributed by atoms with Crippen molar-refractivity contribution in [2.75, 3.05) is 0 Å². The Kier molecular flexibility index (Phi) is 6.57. The lowest BCUT2D eigenvalue weighted by molar-refractivity contribution is 0.104. The molecule has 0 amide bonds. The Morgan fingerprint density at radius 2 is 1.56 bits per heavy atom. The summed E-state index contributed by atoms with van der Waals surface area (Å²) in [5.74, 6) is 0.512. The molecule has 136 valence electrons. The molecular formula is C22H15Cl3O2. The predicted molar refractivity (Wildman–Crippen MR) is 112 cm³/mol. The maximum absolute atomic E-state index is 12.3. The summed E-state index contributed by atoms with van der Waals surface area (Å²) in [7, 11) is 0. The van der Waals surface area contributed by atoms with E-state index in [-0.39, 0.29) is 15.8 Å². The van der Waals surface area contributed by atoms with Crippen molar-refractivity contribution in [1.82, 2.24) is 0 Å². The summed E-state index contributed by atoms with van der Waals surface area (Å²) in [5, 5.41) is 0.647. The van der Waals surface area contributed by atoms with Gasteiger partial charge in [-0.15, -0.1) is 0 Å². The number of hydrogen-bond acceptors (Lipinski definition) is 2. The fourth-order valence-corrected chi connectivity index (χ4v) is 3.02. The van der Waals surface area contributed by atoms with Crippen molar-refractivity contribution in [3.8, 4) is 5.75 Å². The van der Waals surface area contributed by atoms with Crippen LogP contribution in [0.3, 0.4) is 0 Å². The van der Waals surface area contributed by atoms with Gasteiger partial charge in [-0.25, -0.2) is 0 Å². The smallest absolute Gasteiger partial charge is 0.187 e. The van der Waals surface area contributed by atoms with E-state index < -0.39 is 0 Å². The molecular weight excluding hydrogens is 403 g/mol. The van der Waals surface area contributed by atoms with Crippen molar-refractivity contribution in [3.63, 3.8) is 0 Å². The Bertz CT molecular complexity index is 965. The standard InChI is InChI=1S/C22H15Cl3O2/c23-19-12-11-18(21(24)22(19)25)20(26)13-8-15-6-9-17(10-7-15)27-14-16-4-2-1-3-5-16/h1-13H,14H2/b13-8-. The van der Waals surface area contributed by atoms with Gasteiger partial charge in [0.2, 0.25) is 0 Å². The van der Waals surface area contributed by atoms with Crippen molar-refractivity contribution in [3.05, 3.63) is 105 Å². The van der Waals surface area contributed by atoms with E-state index in [2.05, 4.69) is 0 Å². The summed E-state index contributed by atoms with van der Waals surface area (Å²) in [6.45, 7) is 0.504. The number of carbonyl (C=O) groups excluding carboxylic acids is 1. The van der Waals surface area contributed by atoms with Crippen molar-refractivity contribution < 1.29 is 9.53 Å². The van der Waals surface area contributed by atoms with Crippen LogP contribution in [0.4, 0.5) is 0 Å². The summed E-state index contributed by atoms with van der Waals surface area (Å²) < 4.78 is 5.75. The van der Waals surface area contributed by atoms with Crippen LogP contribution >= 0.6 is 34.8 Å². The van der Waals surface area contributed by atoms with E-state index in [4.69, 9.17) is 39.5 Å². The van der Waals surface area contributed by atoms with Gasteiger partial charge in [0.05, 0.1) is 15.1 Å². The zero-order valence-corrected chi connectivity index (χ0v) is 16.4. The SMILES string of the molecule is O=C(/C=C\c1ccc(OCc2ccccc2)cc1)c1ccc(Cl)c(Cl)c1Cl. The zero-order chi connectivity index (χ0) is 19.2. The number of ether oxygens (including phenoxy) is 1. The molecule has 0 radical (unpaired) electrons. The average Bonchev–Trinajstić information content (AvgIpc) is 2.70. The van der Waals surface area contributed by atoms with Gasteiger partial charge in [-0.2, -0.15) is 0 Å². The summed E-state index contributed by atoms with van der Waals surface area (Å²) in [5.41, 5.74) is 2.28. The summed E-state index contributed by atoms with van der Waals surface area (Å²) in [4.78, 5) is 12.3. The fourth-order valence-electron chi connectivity index (χ4n) is 2.39. The molecule has 0 aliphatic heterocycles. The normalized spacial score (nSPS) is 10.9. The average molecular weight is 418 g/mol. The zero-order valence-electron chi connectivity index (χ0n) is 14.2. The first-order chi connectivity index (χ1) is 13.0. The van der Waals surface area contributed by atoms with Gasteiger partial charge in [0.15, 0.2) is 5.78 Å². The van der Waals surface area contributed by atoms with E-state index >= 15 is 0 Å². The maximum Gasteiger partial charge on any atom is 0.187 e. The number of ketones is 1. The molecule has 0 saturated carbocycles. The maximum atomic E-state index is 12.3. The molecule has 3 aromatic carbocycles. The lowest BCUT2D eigenvalue weighted by Gasteiger charge is -2.06. The molecule has 0 N–H and O–H groups in total. The molecule has 0 spiro atoms. The minimum absolute atomic E-state index is 0.156. The first-order valence-electron chi connectivity index (χ1n) is 8.17. The molecule has 0 atom stereocenters. The van der Waals surface area contributed by atoms with Crippen LogP contribution in [-0.2, 0) is 6.61 Å². The third kappa shape index (κ3) is 5.14. The molecule has 3 rings (SSSR count). The highest BCUT2D eigenvalue weighted by atomic mass is 35.5. The Balaban J connectivity index is 1.64. The lowest BCUT2D eigenvalue weighted by Crippen LogP contribution is -1.96. The number of halogens is 3. The molecule has 0 unspecified atom stereocenters. The third-order valence-electron chi connectivity index (χ3n) is 3.86. The van der Waals surface area contributed by atoms with Gasteiger partial charge in [-0.3, -0.25) is 4.79 Å². The summed E-state index contributed by atoms with van der Waals surface area (Å²) in [6, 6.07) is 20.5. The van der Waals surface area contributed by atoms with Crippen LogP contribution in [0.5, 0.6) is 5.75 Å². The summed E-state index contributed by atoms with van der Waals surface area (Å²) in [6.07, 6.45) is 3.16.